The maximum atomic E-state index is 10.7. The highest BCUT2D eigenvalue weighted by Crippen LogP contribution is 2.24. The van der Waals surface area contributed by atoms with Crippen molar-refractivity contribution in [3.63, 3.8) is 0 Å². The number of hydrogen-bond donors (Lipinski definition) is 0. The minimum atomic E-state index is -0.286. The van der Waals surface area contributed by atoms with Crippen molar-refractivity contribution >= 4 is 5.97 Å². The zero-order valence-electron chi connectivity index (χ0n) is 8.10. The van der Waals surface area contributed by atoms with Gasteiger partial charge in [0.05, 0.1) is 0 Å². The van der Waals surface area contributed by atoms with Crippen LogP contribution in [0.4, 0.5) is 0 Å². The minimum absolute atomic E-state index is 0.192. The highest BCUT2D eigenvalue weighted by molar-refractivity contribution is 5.66. The average molecular weight is 158 g/mol. The molecule has 0 saturated heterocycles. The van der Waals surface area contributed by atoms with E-state index in [2.05, 4.69) is 13.8 Å². The molecule has 0 aliphatic carbocycles. The monoisotopic (exact) mass is 158 g/mol. The van der Waals surface area contributed by atoms with E-state index >= 15 is 0 Å². The van der Waals surface area contributed by atoms with Gasteiger partial charge in [0.15, 0.2) is 0 Å². The van der Waals surface area contributed by atoms with Gasteiger partial charge in [0.25, 0.3) is 0 Å². The Balaban J connectivity index is 4.22. The smallest absolute Gasteiger partial charge is 0.303 e. The first kappa shape index (κ1) is 10.5. The Morgan fingerprint density at radius 1 is 1.55 bits per heavy atom. The molecule has 0 heterocycles. The Morgan fingerprint density at radius 2 is 2.00 bits per heavy atom. The van der Waals surface area contributed by atoms with Crippen molar-refractivity contribution < 1.29 is 9.53 Å². The molecule has 11 heavy (non-hydrogen) atoms. The molecule has 1 unspecified atom stereocenters. The third-order valence-electron chi connectivity index (χ3n) is 2.30. The Bertz CT molecular complexity index is 140. The fraction of sp³-hybridized carbons (Fsp3) is 0.889. The third-order valence-corrected chi connectivity index (χ3v) is 2.30. The summed E-state index contributed by atoms with van der Waals surface area (Å²) in [5.41, 5.74) is -0.286. The number of carbonyl (C=O) groups excluding carboxylic acids is 1. The van der Waals surface area contributed by atoms with Crippen molar-refractivity contribution in [2.45, 2.75) is 46.6 Å². The lowest BCUT2D eigenvalue weighted by Crippen LogP contribution is -2.35. The SMILES string of the molecule is CCC(C)(OC(C)=O)C(C)C. The maximum Gasteiger partial charge on any atom is 0.303 e. The summed E-state index contributed by atoms with van der Waals surface area (Å²) in [6.07, 6.45) is 0.865. The van der Waals surface area contributed by atoms with Crippen LogP contribution in [0.3, 0.4) is 0 Å². The van der Waals surface area contributed by atoms with Gasteiger partial charge in [-0.25, -0.2) is 0 Å². The van der Waals surface area contributed by atoms with E-state index in [4.69, 9.17) is 4.74 Å². The van der Waals surface area contributed by atoms with Crippen LogP contribution < -0.4 is 0 Å². The lowest BCUT2D eigenvalue weighted by Gasteiger charge is -2.31. The van der Waals surface area contributed by atoms with Gasteiger partial charge >= 0.3 is 5.97 Å². The molecule has 2 nitrogen and oxygen atoms in total. The Morgan fingerprint density at radius 3 is 2.09 bits per heavy atom. The molecule has 0 bridgehead atoms. The molecular formula is C9H18O2. The van der Waals surface area contributed by atoms with E-state index in [-0.39, 0.29) is 11.6 Å². The van der Waals surface area contributed by atoms with E-state index in [1.165, 1.54) is 6.92 Å². The molecule has 0 fully saturated rings. The predicted molar refractivity (Wildman–Crippen MR) is 45.3 cm³/mol. The lowest BCUT2D eigenvalue weighted by atomic mass is 9.90. The molecule has 0 aliphatic rings. The highest BCUT2D eigenvalue weighted by Gasteiger charge is 2.29. The second kappa shape index (κ2) is 3.74. The van der Waals surface area contributed by atoms with Gasteiger partial charge in [-0.15, -0.1) is 0 Å². The van der Waals surface area contributed by atoms with Crippen LogP contribution in [0, 0.1) is 5.92 Å². The number of carbonyl (C=O) groups is 1. The molecule has 0 amide bonds. The molecule has 0 aromatic heterocycles. The summed E-state index contributed by atoms with van der Waals surface area (Å²) < 4.78 is 5.21. The Labute approximate surface area is 68.9 Å². The minimum Gasteiger partial charge on any atom is -0.459 e. The van der Waals surface area contributed by atoms with Gasteiger partial charge in [0, 0.05) is 6.92 Å². The quantitative estimate of drug-likeness (QED) is 0.589. The lowest BCUT2D eigenvalue weighted by molar-refractivity contribution is -0.160. The van der Waals surface area contributed by atoms with Gasteiger partial charge in [0.2, 0.25) is 0 Å². The summed E-state index contributed by atoms with van der Waals surface area (Å²) in [4.78, 5) is 10.7. The van der Waals surface area contributed by atoms with Crippen LogP contribution in [0.1, 0.15) is 41.0 Å². The normalized spacial score (nSPS) is 16.2. The van der Waals surface area contributed by atoms with Crippen LogP contribution in [0.2, 0.25) is 0 Å². The van der Waals surface area contributed by atoms with Crippen molar-refractivity contribution in [2.75, 3.05) is 0 Å². The molecule has 0 aromatic carbocycles. The van der Waals surface area contributed by atoms with Crippen LogP contribution in [0.25, 0.3) is 0 Å². The second-order valence-electron chi connectivity index (χ2n) is 3.41. The van der Waals surface area contributed by atoms with E-state index in [1.54, 1.807) is 0 Å². The Hall–Kier alpha value is -0.530. The van der Waals surface area contributed by atoms with E-state index in [0.717, 1.165) is 6.42 Å². The molecule has 0 radical (unpaired) electrons. The zero-order chi connectivity index (χ0) is 9.07. The average Bonchev–Trinajstić information content (AvgIpc) is 1.86. The molecule has 0 aliphatic heterocycles. The summed E-state index contributed by atoms with van der Waals surface area (Å²) in [7, 11) is 0. The fourth-order valence-corrected chi connectivity index (χ4v) is 0.927. The van der Waals surface area contributed by atoms with Crippen molar-refractivity contribution in [1.82, 2.24) is 0 Å². The number of hydrogen-bond acceptors (Lipinski definition) is 2. The van der Waals surface area contributed by atoms with E-state index in [9.17, 15) is 4.79 Å². The zero-order valence-corrected chi connectivity index (χ0v) is 8.10. The summed E-state index contributed by atoms with van der Waals surface area (Å²) in [6.45, 7) is 9.58. The second-order valence-corrected chi connectivity index (χ2v) is 3.41. The number of ether oxygens (including phenoxy) is 1. The van der Waals surface area contributed by atoms with Crippen LogP contribution in [-0.4, -0.2) is 11.6 Å². The standard InChI is InChI=1S/C9H18O2/c1-6-9(5,7(2)3)11-8(4)10/h7H,6H2,1-5H3. The summed E-state index contributed by atoms with van der Waals surface area (Å²) in [6, 6.07) is 0. The van der Waals surface area contributed by atoms with Crippen molar-refractivity contribution in [1.29, 1.82) is 0 Å². The van der Waals surface area contributed by atoms with E-state index in [1.807, 2.05) is 13.8 Å². The van der Waals surface area contributed by atoms with Gasteiger partial charge < -0.3 is 4.74 Å². The van der Waals surface area contributed by atoms with Gasteiger partial charge in [-0.05, 0) is 19.3 Å². The molecule has 0 saturated carbocycles. The van der Waals surface area contributed by atoms with Crippen molar-refractivity contribution in [2.24, 2.45) is 5.92 Å². The fourth-order valence-electron chi connectivity index (χ4n) is 0.927. The van der Waals surface area contributed by atoms with Crippen LogP contribution in [0.5, 0.6) is 0 Å². The maximum absolute atomic E-state index is 10.7. The van der Waals surface area contributed by atoms with E-state index < -0.39 is 0 Å². The molecule has 1 atom stereocenters. The molecule has 0 N–H and O–H groups in total. The third kappa shape index (κ3) is 2.91. The Kier molecular flexibility index (Phi) is 3.56. The molecular weight excluding hydrogens is 140 g/mol. The van der Waals surface area contributed by atoms with Crippen LogP contribution in [0.15, 0.2) is 0 Å². The van der Waals surface area contributed by atoms with Gasteiger partial charge in [-0.2, -0.15) is 0 Å². The van der Waals surface area contributed by atoms with Crippen LogP contribution >= 0.6 is 0 Å². The van der Waals surface area contributed by atoms with Gasteiger partial charge in [0.1, 0.15) is 5.60 Å². The van der Waals surface area contributed by atoms with Crippen LogP contribution in [-0.2, 0) is 9.53 Å². The van der Waals surface area contributed by atoms with Crippen molar-refractivity contribution in [3.8, 4) is 0 Å². The molecule has 2 heteroatoms. The van der Waals surface area contributed by atoms with Gasteiger partial charge in [-0.3, -0.25) is 4.79 Å². The van der Waals surface area contributed by atoms with E-state index in [0.29, 0.717) is 5.92 Å². The molecule has 0 rings (SSSR count). The first-order valence-corrected chi connectivity index (χ1v) is 4.12. The number of esters is 1. The molecule has 0 spiro atoms. The predicted octanol–water partition coefficient (Wildman–Crippen LogP) is 2.37. The first-order valence-electron chi connectivity index (χ1n) is 4.12. The largest absolute Gasteiger partial charge is 0.459 e. The number of rotatable bonds is 3. The molecule has 0 aromatic rings. The van der Waals surface area contributed by atoms with Crippen molar-refractivity contribution in [3.05, 3.63) is 0 Å². The van der Waals surface area contributed by atoms with Gasteiger partial charge in [-0.1, -0.05) is 20.8 Å². The summed E-state index contributed by atoms with van der Waals surface area (Å²) in [5.74, 6) is 0.180. The topological polar surface area (TPSA) is 26.3 Å². The summed E-state index contributed by atoms with van der Waals surface area (Å²) in [5, 5.41) is 0. The summed E-state index contributed by atoms with van der Waals surface area (Å²) >= 11 is 0. The highest BCUT2D eigenvalue weighted by atomic mass is 16.6. The molecule has 66 valence electrons. The first-order chi connectivity index (χ1) is 4.92.